The van der Waals surface area contributed by atoms with Crippen molar-refractivity contribution in [1.82, 2.24) is 0 Å². The van der Waals surface area contributed by atoms with Crippen LogP contribution >= 0.6 is 11.6 Å². The minimum atomic E-state index is -0.205. The molecule has 0 spiro atoms. The minimum absolute atomic E-state index is 0.0180. The van der Waals surface area contributed by atoms with Gasteiger partial charge in [-0.2, -0.15) is 0 Å². The maximum absolute atomic E-state index is 12.6. The number of hydrogen-bond acceptors (Lipinski definition) is 3. The SMILES string of the molecule is O=C1COc2cc(C(=O)C3CC4CC4C3)c(Cl)cc2N1. The average Bonchev–Trinajstić information content (AvgIpc) is 3.03. The number of carbonyl (C=O) groups is 2. The molecule has 104 valence electrons. The molecule has 0 aromatic heterocycles. The second kappa shape index (κ2) is 4.22. The zero-order valence-electron chi connectivity index (χ0n) is 10.8. The number of anilines is 1. The maximum Gasteiger partial charge on any atom is 0.262 e. The number of hydrogen-bond donors (Lipinski definition) is 1. The van der Waals surface area contributed by atoms with Crippen LogP contribution in [-0.4, -0.2) is 18.3 Å². The molecular weight excluding hydrogens is 278 g/mol. The molecule has 1 aliphatic heterocycles. The van der Waals surface area contributed by atoms with Crippen molar-refractivity contribution >= 4 is 29.0 Å². The fourth-order valence-corrected chi connectivity index (χ4v) is 3.69. The van der Waals surface area contributed by atoms with Crippen LogP contribution in [0.15, 0.2) is 12.1 Å². The first-order valence-electron chi connectivity index (χ1n) is 6.92. The van der Waals surface area contributed by atoms with E-state index in [9.17, 15) is 9.59 Å². The van der Waals surface area contributed by atoms with E-state index < -0.39 is 0 Å². The number of benzene rings is 1. The van der Waals surface area contributed by atoms with E-state index in [0.717, 1.165) is 24.7 Å². The van der Waals surface area contributed by atoms with Gasteiger partial charge in [0.05, 0.1) is 10.7 Å². The molecule has 4 nitrogen and oxygen atoms in total. The summed E-state index contributed by atoms with van der Waals surface area (Å²) in [5.74, 6) is 2.06. The van der Waals surface area contributed by atoms with E-state index in [1.54, 1.807) is 12.1 Å². The van der Waals surface area contributed by atoms with Crippen LogP contribution in [0.2, 0.25) is 5.02 Å². The Morgan fingerprint density at radius 1 is 1.25 bits per heavy atom. The Morgan fingerprint density at radius 2 is 2.00 bits per heavy atom. The summed E-state index contributed by atoms with van der Waals surface area (Å²) < 4.78 is 5.35. The first-order valence-corrected chi connectivity index (χ1v) is 7.30. The number of ether oxygens (including phenoxy) is 1. The second-order valence-corrected chi connectivity index (χ2v) is 6.36. The number of nitrogens with one attached hydrogen (secondary N) is 1. The Bertz CT molecular complexity index is 618. The maximum atomic E-state index is 12.6. The van der Waals surface area contributed by atoms with Crippen LogP contribution in [0.5, 0.6) is 5.75 Å². The van der Waals surface area contributed by atoms with Crippen LogP contribution < -0.4 is 10.1 Å². The van der Waals surface area contributed by atoms with Gasteiger partial charge in [-0.1, -0.05) is 11.6 Å². The standard InChI is InChI=1S/C15H14ClNO3/c16-11-5-12-13(20-6-14(18)17-12)4-10(11)15(19)9-2-7-1-8(7)3-9/h4-5,7-9H,1-3,6H2,(H,17,18). The summed E-state index contributed by atoms with van der Waals surface area (Å²) in [7, 11) is 0. The molecule has 2 aliphatic carbocycles. The van der Waals surface area contributed by atoms with E-state index >= 15 is 0 Å². The highest BCUT2D eigenvalue weighted by Gasteiger charge is 2.48. The van der Waals surface area contributed by atoms with Gasteiger partial charge in [0.15, 0.2) is 12.4 Å². The van der Waals surface area contributed by atoms with Gasteiger partial charge < -0.3 is 10.1 Å². The molecule has 2 fully saturated rings. The van der Waals surface area contributed by atoms with Crippen LogP contribution in [0.25, 0.3) is 0 Å². The zero-order valence-corrected chi connectivity index (χ0v) is 11.6. The molecule has 1 heterocycles. The highest BCUT2D eigenvalue weighted by atomic mass is 35.5. The molecule has 1 aromatic rings. The number of amides is 1. The fourth-order valence-electron chi connectivity index (χ4n) is 3.44. The van der Waals surface area contributed by atoms with Gasteiger partial charge in [0, 0.05) is 11.5 Å². The first kappa shape index (κ1) is 12.2. The first-order chi connectivity index (χ1) is 9.61. The highest BCUT2D eigenvalue weighted by molar-refractivity contribution is 6.34. The molecule has 5 heteroatoms. The van der Waals surface area contributed by atoms with E-state index in [1.807, 2.05) is 0 Å². The lowest BCUT2D eigenvalue weighted by Crippen LogP contribution is -2.26. The molecule has 0 bridgehead atoms. The van der Waals surface area contributed by atoms with Gasteiger partial charge in [0.25, 0.3) is 5.91 Å². The van der Waals surface area contributed by atoms with Crippen LogP contribution in [-0.2, 0) is 4.79 Å². The molecule has 1 aromatic carbocycles. The summed E-state index contributed by atoms with van der Waals surface area (Å²) in [6.07, 6.45) is 3.28. The zero-order chi connectivity index (χ0) is 13.9. The van der Waals surface area contributed by atoms with E-state index in [0.29, 0.717) is 22.0 Å². The van der Waals surface area contributed by atoms with Gasteiger partial charge in [-0.3, -0.25) is 9.59 Å². The summed E-state index contributed by atoms with van der Waals surface area (Å²) in [5, 5.41) is 3.08. The van der Waals surface area contributed by atoms with Crippen molar-refractivity contribution in [3.8, 4) is 5.75 Å². The fraction of sp³-hybridized carbons (Fsp3) is 0.467. The van der Waals surface area contributed by atoms with E-state index in [1.165, 1.54) is 6.42 Å². The predicted octanol–water partition coefficient (Wildman–Crippen LogP) is 2.90. The number of Topliss-reactive ketones (excluding diaryl/α,β-unsaturated/α-hetero) is 1. The summed E-state index contributed by atoms with van der Waals surface area (Å²) in [6.45, 7) is -0.0180. The van der Waals surface area contributed by atoms with Crippen molar-refractivity contribution in [3.63, 3.8) is 0 Å². The molecule has 3 aliphatic rings. The molecule has 1 amide bonds. The van der Waals surface area contributed by atoms with Gasteiger partial charge in [-0.15, -0.1) is 0 Å². The van der Waals surface area contributed by atoms with Crippen LogP contribution in [0.4, 0.5) is 5.69 Å². The Hall–Kier alpha value is -1.55. The number of fused-ring (bicyclic) bond motifs is 2. The molecule has 4 rings (SSSR count). The molecule has 2 saturated carbocycles. The van der Waals surface area contributed by atoms with Crippen LogP contribution in [0, 0.1) is 17.8 Å². The highest BCUT2D eigenvalue weighted by Crippen LogP contribution is 2.55. The van der Waals surface area contributed by atoms with Crippen molar-refractivity contribution in [2.45, 2.75) is 19.3 Å². The number of halogens is 1. The number of ketones is 1. The van der Waals surface area contributed by atoms with Crippen molar-refractivity contribution < 1.29 is 14.3 Å². The summed E-state index contributed by atoms with van der Waals surface area (Å²) >= 11 is 6.20. The normalized spacial score (nSPS) is 30.1. The topological polar surface area (TPSA) is 55.4 Å². The van der Waals surface area contributed by atoms with Gasteiger partial charge in [0.2, 0.25) is 0 Å². The Kier molecular flexibility index (Phi) is 2.58. The molecule has 2 atom stereocenters. The van der Waals surface area contributed by atoms with Gasteiger partial charge in [-0.05, 0) is 43.2 Å². The van der Waals surface area contributed by atoms with Crippen LogP contribution in [0.1, 0.15) is 29.6 Å². The van der Waals surface area contributed by atoms with Crippen molar-refractivity contribution in [2.75, 3.05) is 11.9 Å². The third-order valence-corrected chi connectivity index (χ3v) is 4.89. The monoisotopic (exact) mass is 291 g/mol. The van der Waals surface area contributed by atoms with E-state index in [4.69, 9.17) is 16.3 Å². The Balaban J connectivity index is 1.64. The number of carbonyl (C=O) groups excluding carboxylic acids is 2. The number of rotatable bonds is 2. The Morgan fingerprint density at radius 3 is 2.75 bits per heavy atom. The van der Waals surface area contributed by atoms with E-state index in [2.05, 4.69) is 5.32 Å². The summed E-state index contributed by atoms with van der Waals surface area (Å²) in [4.78, 5) is 23.8. The third kappa shape index (κ3) is 1.90. The largest absolute Gasteiger partial charge is 0.482 e. The van der Waals surface area contributed by atoms with Gasteiger partial charge in [-0.25, -0.2) is 0 Å². The summed E-state index contributed by atoms with van der Waals surface area (Å²) in [5.41, 5.74) is 1.06. The Labute approximate surface area is 121 Å². The van der Waals surface area contributed by atoms with Crippen molar-refractivity contribution in [3.05, 3.63) is 22.7 Å². The molecule has 20 heavy (non-hydrogen) atoms. The van der Waals surface area contributed by atoms with Crippen molar-refractivity contribution in [1.29, 1.82) is 0 Å². The second-order valence-electron chi connectivity index (χ2n) is 5.95. The lowest BCUT2D eigenvalue weighted by molar-refractivity contribution is -0.118. The van der Waals surface area contributed by atoms with Crippen molar-refractivity contribution in [2.24, 2.45) is 17.8 Å². The lowest BCUT2D eigenvalue weighted by Gasteiger charge is -2.20. The minimum Gasteiger partial charge on any atom is -0.482 e. The van der Waals surface area contributed by atoms with E-state index in [-0.39, 0.29) is 24.2 Å². The average molecular weight is 292 g/mol. The quantitative estimate of drug-likeness (QED) is 0.853. The van der Waals surface area contributed by atoms with Gasteiger partial charge >= 0.3 is 0 Å². The third-order valence-electron chi connectivity index (χ3n) is 4.58. The lowest BCUT2D eigenvalue weighted by atomic mass is 9.93. The molecular formula is C15H14ClNO3. The smallest absolute Gasteiger partial charge is 0.262 e. The summed E-state index contributed by atoms with van der Waals surface area (Å²) in [6, 6.07) is 3.28. The molecule has 2 unspecified atom stereocenters. The molecule has 1 N–H and O–H groups in total. The predicted molar refractivity (Wildman–Crippen MR) is 74.2 cm³/mol. The molecule has 0 saturated heterocycles. The van der Waals surface area contributed by atoms with Gasteiger partial charge in [0.1, 0.15) is 5.75 Å². The van der Waals surface area contributed by atoms with Crippen LogP contribution in [0.3, 0.4) is 0 Å². The molecule has 0 radical (unpaired) electrons.